The van der Waals surface area contributed by atoms with Crippen molar-refractivity contribution in [2.75, 3.05) is 19.6 Å². The third-order valence-electron chi connectivity index (χ3n) is 29.7. The van der Waals surface area contributed by atoms with E-state index < -0.39 is 13.7 Å². The van der Waals surface area contributed by atoms with Crippen molar-refractivity contribution in [3.05, 3.63) is 475 Å². The Hall–Kier alpha value is -16.1. The van der Waals surface area contributed by atoms with Gasteiger partial charge in [-0.15, -0.1) is 0 Å². The Labute approximate surface area is 872 Å². The number of rotatable bonds is 12. The van der Waals surface area contributed by atoms with Gasteiger partial charge in [0, 0.05) is 131 Å². The molecule has 19 aromatic carbocycles. The Balaban J connectivity index is 0.000000152. The van der Waals surface area contributed by atoms with Gasteiger partial charge in [-0.2, -0.15) is 0 Å². The van der Waals surface area contributed by atoms with Crippen LogP contribution in [0.2, 0.25) is 5.02 Å². The molecule has 716 valence electrons. The largest absolute Gasteiger partial charge is 0.311 e. The summed E-state index contributed by atoms with van der Waals surface area (Å²) in [6, 6.07) is 152. The Kier molecular flexibility index (Phi) is 21.6. The van der Waals surface area contributed by atoms with Crippen molar-refractivity contribution in [2.45, 2.75) is 145 Å². The second-order valence-electron chi connectivity index (χ2n) is 44.3. The van der Waals surface area contributed by atoms with Crippen LogP contribution in [0.3, 0.4) is 0 Å². The summed E-state index contributed by atoms with van der Waals surface area (Å²) in [4.78, 5) is 8.89. The van der Waals surface area contributed by atoms with Crippen LogP contribution in [0, 0.1) is 13.7 Å². The summed E-state index contributed by atoms with van der Waals surface area (Å²) in [5.41, 5.74) is 33.0. The zero-order valence-electron chi connectivity index (χ0n) is 91.5. The van der Waals surface area contributed by atoms with E-state index in [1.165, 1.54) is 70.9 Å². The maximum atomic E-state index is 9.11. The van der Waals surface area contributed by atoms with Gasteiger partial charge in [0.05, 0.1) is 60.5 Å². The molecule has 2 aliphatic rings. The number of benzene rings is 19. The van der Waals surface area contributed by atoms with Crippen LogP contribution in [0.4, 0.5) is 68.2 Å². The first-order valence-electron chi connectivity index (χ1n) is 53.9. The lowest BCUT2D eigenvalue weighted by Gasteiger charge is -2.44. The molecule has 0 saturated heterocycles. The second-order valence-corrected chi connectivity index (χ2v) is 44.7. The maximum absolute atomic E-state index is 9.11. The minimum absolute atomic E-state index is 0.0572. The van der Waals surface area contributed by atoms with Crippen molar-refractivity contribution in [1.29, 1.82) is 0 Å². The summed E-state index contributed by atoms with van der Waals surface area (Å²) < 4.78 is 63.8. The van der Waals surface area contributed by atoms with E-state index in [1.807, 2.05) is 12.1 Å². The van der Waals surface area contributed by atoms with Crippen molar-refractivity contribution in [1.82, 2.24) is 18.3 Å². The van der Waals surface area contributed by atoms with E-state index in [0.29, 0.717) is 27.4 Å². The van der Waals surface area contributed by atoms with Crippen molar-refractivity contribution >= 4 is 190 Å². The summed E-state index contributed by atoms with van der Waals surface area (Å²) in [7, 11) is 0. The van der Waals surface area contributed by atoms with Gasteiger partial charge in [0.15, 0.2) is 0 Å². The fourth-order valence-corrected chi connectivity index (χ4v) is 22.6. The molecule has 0 spiro atoms. The molecule has 146 heavy (non-hydrogen) atoms. The van der Waals surface area contributed by atoms with Crippen molar-refractivity contribution < 1.29 is 8.22 Å². The van der Waals surface area contributed by atoms with Crippen LogP contribution in [0.5, 0.6) is 0 Å². The van der Waals surface area contributed by atoms with Crippen molar-refractivity contribution in [2.24, 2.45) is 0 Å². The lowest BCUT2D eigenvalue weighted by Crippen LogP contribution is -2.61. The molecule has 0 amide bonds. The van der Waals surface area contributed by atoms with Gasteiger partial charge in [-0.05, 0) is 278 Å². The number of nitrogens with zero attached hydrogens (tertiary/aromatic N) is 8. The van der Waals surface area contributed by atoms with Crippen molar-refractivity contribution in [3.63, 3.8) is 0 Å². The van der Waals surface area contributed by atoms with Crippen LogP contribution in [-0.2, 0) is 27.1 Å². The van der Waals surface area contributed by atoms with E-state index in [1.54, 1.807) is 12.1 Å². The molecule has 6 heterocycles. The first-order chi connectivity index (χ1) is 72.8. The average Bonchev–Trinajstić information content (AvgIpc) is 0.840. The van der Waals surface area contributed by atoms with Gasteiger partial charge in [0.25, 0.3) is 6.71 Å². The monoisotopic (exact) mass is 1920 g/mol. The van der Waals surface area contributed by atoms with Gasteiger partial charge in [-0.3, -0.25) is 0 Å². The number of aromatic nitrogens is 4. The molecule has 0 saturated carbocycles. The highest BCUT2D eigenvalue weighted by Crippen LogP contribution is 2.53. The minimum atomic E-state index is -2.49. The minimum Gasteiger partial charge on any atom is -0.311 e. The molecule has 0 N–H and O–H groups in total. The quantitative estimate of drug-likeness (QED) is 0.114. The van der Waals surface area contributed by atoms with Crippen LogP contribution >= 0.6 is 11.6 Å². The zero-order chi connectivity index (χ0) is 106. The van der Waals surface area contributed by atoms with Gasteiger partial charge in [0.2, 0.25) is 0 Å². The zero-order valence-corrected chi connectivity index (χ0v) is 86.3. The van der Waals surface area contributed by atoms with Gasteiger partial charge in [-0.1, -0.05) is 364 Å². The topological polar surface area (TPSA) is 32.7 Å². The van der Waals surface area contributed by atoms with Gasteiger partial charge in [-0.25, -0.2) is 0 Å². The van der Waals surface area contributed by atoms with E-state index >= 15 is 0 Å². The van der Waals surface area contributed by atoms with Gasteiger partial charge >= 0.3 is 0 Å². The third-order valence-corrected chi connectivity index (χ3v) is 30.1. The Bertz CT molecular complexity index is 8550. The van der Waals surface area contributed by atoms with Crippen LogP contribution < -0.4 is 36.0 Å². The van der Waals surface area contributed by atoms with Crippen LogP contribution in [0.1, 0.15) is 151 Å². The molecule has 25 rings (SSSR count). The van der Waals surface area contributed by atoms with Gasteiger partial charge in [0.1, 0.15) is 0 Å². The first-order valence-corrected chi connectivity index (χ1v) is 51.3. The average molecular weight is 1920 g/mol. The summed E-state index contributed by atoms with van der Waals surface area (Å²) in [5, 5.41) is 9.85. The molecular formula is C136H122BClN8. The molecule has 0 atom stereocenters. The Morgan fingerprint density at radius 1 is 0.219 bits per heavy atom. The van der Waals surface area contributed by atoms with E-state index in [9.17, 15) is 0 Å². The number of anilines is 12. The lowest BCUT2D eigenvalue weighted by atomic mass is 9.33. The second kappa shape index (κ2) is 36.4. The molecule has 0 radical (unpaired) electrons. The van der Waals surface area contributed by atoms with E-state index in [4.69, 9.17) is 19.8 Å². The summed E-state index contributed by atoms with van der Waals surface area (Å²) in [6.07, 6.45) is 0. The molecular weight excluding hydrogens is 1790 g/mol. The molecule has 23 aromatic rings. The predicted molar refractivity (Wildman–Crippen MR) is 628 cm³/mol. The normalized spacial score (nSPS) is 13.5. The summed E-state index contributed by atoms with van der Waals surface area (Å²) >= 11 is 8.04. The molecule has 10 heteroatoms. The predicted octanol–water partition coefficient (Wildman–Crippen LogP) is 36.2. The standard InChI is InChI=1S/C63H53BN4.C63H55ClN4.C10H14/c1-40-36-59-61-60(37-40)66(44-30-26-42(27-31-44)63(5,6)7)58-39-46(68-55-22-14-10-18-49(55)50-19-11-15-23-56(50)68)33-35-52(58)64(61)51-34-32-45(38-57(51)65(59)43-28-24-41(25-29-43)62(2,3)4)67-53-20-12-8-16-47(53)48-17-9-13-21-54(48)67;1-42-38-59(65(45-34-30-43(31-35-45)62(2,3)4)47-18-16-20-49(40-47)67-55-26-12-8-22-51(55)52-23-9-13-27-56(52)67)61(64)60(39-42)66(46-36-32-44(33-37-46)63(5,6)7)48-19-17-21-50(41-48)68-57-28-14-10-24-53(57)54-25-11-15-29-58(54)68;1-10(2,3)9-7-5-4-6-8-9/h8-39H,1-7H3;8-41H,1-7H3;4-8H,1-3H3/i2*1D3;. The number of fused-ring (bicyclic) bond motifs is 16. The SMILES string of the molecule is CC(C)(C)c1ccccc1.[2H]C([2H])([2H])c1cc(N(c2ccc(C(C)(C)C)cc2)c2cccc(-n3c4ccccc4c4ccccc43)c2)c(Cl)c(N(c2ccc(C(C)(C)C)cc2)c2cccc(-n3c4ccccc4c4ccccc43)c2)c1.[2H]C([2H])([2H])c1cc2c3c(c1)N(c1ccc(C(C)(C)C)cc1)c1cc(-n4c5ccccc5c5ccccc54)ccc1B3c1ccc(-n3c4ccccc4c4ccccc43)cc1N2c1ccc(C(C)(C)C)cc1. The summed E-state index contributed by atoms with van der Waals surface area (Å²) in [6.45, 7) is 28.2. The number of hydrogen-bond donors (Lipinski definition) is 0. The Morgan fingerprint density at radius 3 is 0.740 bits per heavy atom. The number of halogens is 1. The lowest BCUT2D eigenvalue weighted by molar-refractivity contribution is 0.590. The molecule has 4 aromatic heterocycles. The van der Waals surface area contributed by atoms with Crippen LogP contribution in [-0.4, -0.2) is 25.0 Å². The third kappa shape index (κ3) is 16.6. The Morgan fingerprint density at radius 2 is 0.466 bits per heavy atom. The molecule has 8 nitrogen and oxygen atoms in total. The maximum Gasteiger partial charge on any atom is 0.252 e. The number of hydrogen-bond acceptors (Lipinski definition) is 4. The van der Waals surface area contributed by atoms with E-state index in [2.05, 4.69) is 548 Å². The molecule has 2 aliphatic heterocycles. The van der Waals surface area contributed by atoms with Crippen molar-refractivity contribution in [3.8, 4) is 22.7 Å². The van der Waals surface area contributed by atoms with E-state index in [0.717, 1.165) is 140 Å². The highest BCUT2D eigenvalue weighted by Gasteiger charge is 2.45. The molecule has 0 aliphatic carbocycles. The number of aryl methyl sites for hydroxylation is 2. The molecule has 0 bridgehead atoms. The highest BCUT2D eigenvalue weighted by molar-refractivity contribution is 7.00. The smallest absolute Gasteiger partial charge is 0.252 e. The fraction of sp³-hybridized carbons (Fsp3) is 0.162. The highest BCUT2D eigenvalue weighted by atomic mass is 35.5. The van der Waals surface area contributed by atoms with Crippen LogP contribution in [0.25, 0.3) is 110 Å². The fourth-order valence-electron chi connectivity index (χ4n) is 22.3. The van der Waals surface area contributed by atoms with E-state index in [-0.39, 0.29) is 33.9 Å². The van der Waals surface area contributed by atoms with Gasteiger partial charge < -0.3 is 37.9 Å². The first kappa shape index (κ1) is 86.6. The molecule has 0 fully saturated rings. The summed E-state index contributed by atoms with van der Waals surface area (Å²) in [5.74, 6) is 0. The molecule has 0 unspecified atom stereocenters. The number of para-hydroxylation sites is 8. The van der Waals surface area contributed by atoms with Crippen LogP contribution in [0.15, 0.2) is 431 Å².